The third kappa shape index (κ3) is 4.77. The molecule has 2 aliphatic heterocycles. The molecule has 0 bridgehead atoms. The lowest BCUT2D eigenvalue weighted by Gasteiger charge is -2.40. The molecule has 36 heavy (non-hydrogen) atoms. The average molecular weight is 505 g/mol. The van der Waals surface area contributed by atoms with Gasteiger partial charge >= 0.3 is 12.5 Å². The topological polar surface area (TPSA) is 93.0 Å². The van der Waals surface area contributed by atoms with Crippen molar-refractivity contribution in [1.82, 2.24) is 19.7 Å². The lowest BCUT2D eigenvalue weighted by Crippen LogP contribution is -2.51. The number of alkyl halides is 3. The van der Waals surface area contributed by atoms with Crippen molar-refractivity contribution >= 4 is 22.8 Å². The minimum absolute atomic E-state index is 0.0803. The Morgan fingerprint density at radius 1 is 1.06 bits per heavy atom. The normalized spacial score (nSPS) is 17.2. The Morgan fingerprint density at radius 3 is 2.31 bits per heavy atom. The van der Waals surface area contributed by atoms with Gasteiger partial charge in [-0.1, -0.05) is 0 Å². The maximum atomic E-state index is 12.6. The number of ether oxygens (including phenoxy) is 2. The van der Waals surface area contributed by atoms with E-state index in [-0.39, 0.29) is 11.7 Å². The third-order valence-electron chi connectivity index (χ3n) is 6.01. The van der Waals surface area contributed by atoms with Crippen molar-refractivity contribution in [3.05, 3.63) is 42.2 Å². The number of rotatable bonds is 4. The first-order valence-electron chi connectivity index (χ1n) is 11.5. The fourth-order valence-corrected chi connectivity index (χ4v) is 4.35. The van der Waals surface area contributed by atoms with E-state index in [4.69, 9.17) is 9.84 Å². The van der Waals surface area contributed by atoms with E-state index in [1.165, 1.54) is 24.3 Å². The van der Waals surface area contributed by atoms with Gasteiger partial charge in [-0.15, -0.1) is 13.2 Å². The molecule has 9 nitrogen and oxygen atoms in total. The number of nitrogens with zero attached hydrogens (tertiary/aromatic N) is 5. The molecule has 0 unspecified atom stereocenters. The maximum Gasteiger partial charge on any atom is 0.573 e. The number of likely N-dealkylation sites (tertiary alicyclic amines) is 1. The maximum absolute atomic E-state index is 12.6. The second-order valence-electron chi connectivity index (χ2n) is 10.0. The summed E-state index contributed by atoms with van der Waals surface area (Å²) in [5.41, 5.74) is 2.03. The monoisotopic (exact) mass is 505 g/mol. The first kappa shape index (κ1) is 24.2. The summed E-state index contributed by atoms with van der Waals surface area (Å²) in [6.07, 6.45) is -3.96. The predicted molar refractivity (Wildman–Crippen MR) is 124 cm³/mol. The summed E-state index contributed by atoms with van der Waals surface area (Å²) in [6, 6.07) is 7.26. The van der Waals surface area contributed by atoms with Crippen molar-refractivity contribution in [3.63, 3.8) is 0 Å². The van der Waals surface area contributed by atoms with E-state index in [2.05, 4.69) is 9.72 Å². The summed E-state index contributed by atoms with van der Waals surface area (Å²) in [5, 5.41) is 15.4. The summed E-state index contributed by atoms with van der Waals surface area (Å²) in [4.78, 5) is 20.6. The number of pyridine rings is 1. The van der Waals surface area contributed by atoms with Gasteiger partial charge in [-0.25, -0.2) is 14.5 Å². The van der Waals surface area contributed by atoms with Gasteiger partial charge in [-0.2, -0.15) is 5.10 Å². The number of benzene rings is 1. The standard InChI is InChI=1S/C24H26F3N5O4/c1-23(2,3)36-22(34)31-10-14(11-31)20-19-18(30-12-16(33)13-30)8-9-28-21(19)32(29-20)15-4-6-17(7-5-15)35-24(25,26)27/h4-9,14,16,33H,10-13H2,1-3H3. The van der Waals surface area contributed by atoms with E-state index in [9.17, 15) is 23.1 Å². The number of aromatic nitrogens is 3. The van der Waals surface area contributed by atoms with E-state index >= 15 is 0 Å². The van der Waals surface area contributed by atoms with E-state index in [0.717, 1.165) is 16.8 Å². The summed E-state index contributed by atoms with van der Waals surface area (Å²) >= 11 is 0. The fraction of sp³-hybridized carbons (Fsp3) is 0.458. The van der Waals surface area contributed by atoms with Crippen LogP contribution in [0, 0.1) is 0 Å². The van der Waals surface area contributed by atoms with E-state index in [1.54, 1.807) is 15.8 Å². The molecule has 2 aliphatic rings. The van der Waals surface area contributed by atoms with Gasteiger partial charge < -0.3 is 24.4 Å². The quantitative estimate of drug-likeness (QED) is 0.576. The Balaban J connectivity index is 1.49. The van der Waals surface area contributed by atoms with E-state index < -0.39 is 24.2 Å². The van der Waals surface area contributed by atoms with Crippen LogP contribution < -0.4 is 9.64 Å². The molecule has 0 aliphatic carbocycles. The number of hydrogen-bond donors (Lipinski definition) is 1. The molecule has 1 N–H and O–H groups in total. The third-order valence-corrected chi connectivity index (χ3v) is 6.01. The Hall–Kier alpha value is -3.54. The molecule has 2 fully saturated rings. The molecule has 0 atom stereocenters. The summed E-state index contributed by atoms with van der Waals surface area (Å²) in [7, 11) is 0. The minimum Gasteiger partial charge on any atom is -0.444 e. The number of β-amino-alcohol motifs (C(OH)–C–C–N with tert-alkyl or cyclic N) is 1. The molecule has 2 saturated heterocycles. The number of carbonyl (C=O) groups excluding carboxylic acids is 1. The molecule has 12 heteroatoms. The summed E-state index contributed by atoms with van der Waals surface area (Å²) in [6.45, 7) is 7.20. The smallest absolute Gasteiger partial charge is 0.444 e. The molecule has 5 rings (SSSR count). The molecule has 0 radical (unpaired) electrons. The van der Waals surface area contributed by atoms with Crippen LogP contribution in [0.1, 0.15) is 32.4 Å². The number of amides is 1. The van der Waals surface area contributed by atoms with Crippen LogP contribution in [-0.2, 0) is 4.74 Å². The van der Waals surface area contributed by atoms with Crippen LogP contribution in [0.5, 0.6) is 5.75 Å². The van der Waals surface area contributed by atoms with Crippen LogP contribution in [0.3, 0.4) is 0 Å². The molecule has 4 heterocycles. The van der Waals surface area contributed by atoms with Crippen molar-refractivity contribution in [3.8, 4) is 11.4 Å². The molecule has 0 spiro atoms. The van der Waals surface area contributed by atoms with Gasteiger partial charge in [0.25, 0.3) is 0 Å². The number of fused-ring (bicyclic) bond motifs is 1. The number of hydrogen-bond acceptors (Lipinski definition) is 7. The Labute approximate surface area is 205 Å². The van der Waals surface area contributed by atoms with E-state index in [1.807, 2.05) is 31.7 Å². The van der Waals surface area contributed by atoms with Crippen LogP contribution in [0.15, 0.2) is 36.5 Å². The second-order valence-corrected chi connectivity index (χ2v) is 10.0. The highest BCUT2D eigenvalue weighted by molar-refractivity contribution is 5.94. The van der Waals surface area contributed by atoms with Crippen molar-refractivity contribution in [2.45, 2.75) is 44.8 Å². The van der Waals surface area contributed by atoms with Crippen LogP contribution in [-0.4, -0.2) is 75.1 Å². The molecular weight excluding hydrogens is 479 g/mol. The van der Waals surface area contributed by atoms with E-state index in [0.29, 0.717) is 37.5 Å². The SMILES string of the molecule is CC(C)(C)OC(=O)N1CC(c2nn(-c3ccc(OC(F)(F)F)cc3)c3nccc(N4CC(O)C4)c23)C1. The molecule has 2 aromatic heterocycles. The van der Waals surface area contributed by atoms with Crippen molar-refractivity contribution in [2.24, 2.45) is 0 Å². The largest absolute Gasteiger partial charge is 0.573 e. The van der Waals surface area contributed by atoms with Gasteiger partial charge in [0.15, 0.2) is 5.65 Å². The van der Waals surface area contributed by atoms with Gasteiger partial charge in [0.2, 0.25) is 0 Å². The molecule has 3 aromatic rings. The Bertz CT molecular complexity index is 1270. The van der Waals surface area contributed by atoms with Crippen molar-refractivity contribution in [1.29, 1.82) is 0 Å². The van der Waals surface area contributed by atoms with Crippen molar-refractivity contribution < 1.29 is 32.5 Å². The van der Waals surface area contributed by atoms with Gasteiger partial charge in [0.1, 0.15) is 11.4 Å². The van der Waals surface area contributed by atoms with Crippen molar-refractivity contribution in [2.75, 3.05) is 31.1 Å². The fourth-order valence-electron chi connectivity index (χ4n) is 4.35. The van der Waals surface area contributed by atoms with Gasteiger partial charge in [-0.3, -0.25) is 0 Å². The molecular formula is C24H26F3N5O4. The zero-order valence-electron chi connectivity index (χ0n) is 20.0. The molecule has 1 amide bonds. The van der Waals surface area contributed by atoms with Crippen LogP contribution in [0.2, 0.25) is 0 Å². The minimum atomic E-state index is -4.78. The second kappa shape index (κ2) is 8.54. The van der Waals surface area contributed by atoms with Crippen LogP contribution in [0.4, 0.5) is 23.7 Å². The van der Waals surface area contributed by atoms with Crippen LogP contribution >= 0.6 is 0 Å². The summed E-state index contributed by atoms with van der Waals surface area (Å²) in [5.74, 6) is -0.415. The molecule has 1 aromatic carbocycles. The van der Waals surface area contributed by atoms with Gasteiger partial charge in [0.05, 0.1) is 28.6 Å². The summed E-state index contributed by atoms with van der Waals surface area (Å²) < 4.78 is 48.7. The number of aliphatic hydroxyl groups excluding tert-OH is 1. The number of anilines is 1. The molecule has 192 valence electrons. The van der Waals surface area contributed by atoms with Crippen LogP contribution in [0.25, 0.3) is 16.7 Å². The highest BCUT2D eigenvalue weighted by atomic mass is 19.4. The lowest BCUT2D eigenvalue weighted by molar-refractivity contribution is -0.274. The highest BCUT2D eigenvalue weighted by Crippen LogP contribution is 2.39. The average Bonchev–Trinajstić information content (AvgIpc) is 3.08. The highest BCUT2D eigenvalue weighted by Gasteiger charge is 2.39. The number of carbonyl (C=O) groups is 1. The Kier molecular flexibility index (Phi) is 5.73. The first-order valence-corrected chi connectivity index (χ1v) is 11.5. The predicted octanol–water partition coefficient (Wildman–Crippen LogP) is 3.83. The molecule has 0 saturated carbocycles. The lowest BCUT2D eigenvalue weighted by atomic mass is 9.94. The zero-order chi connectivity index (χ0) is 25.8. The zero-order valence-corrected chi connectivity index (χ0v) is 20.0. The first-order chi connectivity index (χ1) is 16.9. The van der Waals surface area contributed by atoms with Gasteiger partial charge in [0, 0.05) is 38.3 Å². The number of halogens is 3. The number of aliphatic hydroxyl groups is 1. The van der Waals surface area contributed by atoms with Gasteiger partial charge in [-0.05, 0) is 51.1 Å². The Morgan fingerprint density at radius 2 is 1.72 bits per heavy atom.